The number of alkyl halides is 2. The third kappa shape index (κ3) is 1.07. The van der Waals surface area contributed by atoms with E-state index in [4.69, 9.17) is 23.2 Å². The highest BCUT2D eigenvalue weighted by molar-refractivity contribution is 6.32. The van der Waals surface area contributed by atoms with Gasteiger partial charge in [-0.15, -0.1) is 23.2 Å². The number of rotatable bonds is 0. The minimum atomic E-state index is 0.00432. The molecule has 0 spiro atoms. The Balaban J connectivity index is 2.76. The highest BCUT2D eigenvalue weighted by Gasteiger charge is 2.38. The molecule has 0 unspecified atom stereocenters. The van der Waals surface area contributed by atoms with Crippen molar-refractivity contribution in [3.63, 3.8) is 0 Å². The van der Waals surface area contributed by atoms with Crippen molar-refractivity contribution in [2.24, 2.45) is 0 Å². The summed E-state index contributed by atoms with van der Waals surface area (Å²) < 4.78 is 0. The lowest BCUT2D eigenvalue weighted by molar-refractivity contribution is 0.745. The maximum Gasteiger partial charge on any atom is 0.0796 e. The summed E-state index contributed by atoms with van der Waals surface area (Å²) in [7, 11) is 0. The first-order valence-electron chi connectivity index (χ1n) is 4.85. The maximum atomic E-state index is 6.20. The molecule has 0 fully saturated rings. The molecular weight excluding hydrogens is 215 g/mol. The Morgan fingerprint density at radius 1 is 0.643 bits per heavy atom. The molecule has 2 rings (SSSR count). The Morgan fingerprint density at radius 3 is 1.21 bits per heavy atom. The normalized spacial score (nSPS) is 24.4. The third-order valence-corrected chi connectivity index (χ3v) is 4.66. The van der Waals surface area contributed by atoms with Gasteiger partial charge in [0.25, 0.3) is 0 Å². The topological polar surface area (TPSA) is 0 Å². The zero-order chi connectivity index (χ0) is 10.6. The van der Waals surface area contributed by atoms with E-state index in [1.165, 1.54) is 33.4 Å². The second-order valence-electron chi connectivity index (χ2n) is 4.13. The number of benzene rings is 1. The summed E-state index contributed by atoms with van der Waals surface area (Å²) in [5.74, 6) is 0. The molecule has 2 atom stereocenters. The van der Waals surface area contributed by atoms with E-state index in [0.717, 1.165) is 0 Å². The minimum absolute atomic E-state index is 0.00432. The van der Waals surface area contributed by atoms with Gasteiger partial charge in [-0.05, 0) is 61.1 Å². The third-order valence-electron chi connectivity index (χ3n) is 3.59. The first kappa shape index (κ1) is 10.3. The van der Waals surface area contributed by atoms with E-state index >= 15 is 0 Å². The molecule has 0 heterocycles. The van der Waals surface area contributed by atoms with Crippen molar-refractivity contribution in [3.8, 4) is 0 Å². The van der Waals surface area contributed by atoms with Crippen molar-refractivity contribution in [2.45, 2.75) is 38.4 Å². The lowest BCUT2D eigenvalue weighted by Gasteiger charge is -2.36. The van der Waals surface area contributed by atoms with Crippen LogP contribution in [-0.2, 0) is 0 Å². The Hall–Kier alpha value is -0.200. The Labute approximate surface area is 95.2 Å². The monoisotopic (exact) mass is 228 g/mol. The summed E-state index contributed by atoms with van der Waals surface area (Å²) in [4.78, 5) is 0. The van der Waals surface area contributed by atoms with Crippen LogP contribution in [0.25, 0.3) is 0 Å². The molecule has 1 aliphatic carbocycles. The van der Waals surface area contributed by atoms with Crippen LogP contribution in [0.5, 0.6) is 0 Å². The van der Waals surface area contributed by atoms with Gasteiger partial charge in [0.15, 0.2) is 0 Å². The van der Waals surface area contributed by atoms with Gasteiger partial charge in [-0.2, -0.15) is 0 Å². The SMILES string of the molecule is Cc1c(C)c(C)c2c(c1C)[C@H](Cl)[C@H]2Cl. The highest BCUT2D eigenvalue weighted by Crippen LogP contribution is 2.55. The minimum Gasteiger partial charge on any atom is -0.116 e. The lowest BCUT2D eigenvalue weighted by atomic mass is 9.77. The molecule has 1 aromatic rings. The van der Waals surface area contributed by atoms with Gasteiger partial charge in [-0.3, -0.25) is 0 Å². The van der Waals surface area contributed by atoms with Crippen molar-refractivity contribution in [3.05, 3.63) is 33.4 Å². The summed E-state index contributed by atoms with van der Waals surface area (Å²) in [6.07, 6.45) is 0. The van der Waals surface area contributed by atoms with E-state index in [-0.39, 0.29) is 10.8 Å². The first-order chi connectivity index (χ1) is 6.46. The molecule has 0 nitrogen and oxygen atoms in total. The van der Waals surface area contributed by atoms with Gasteiger partial charge in [0, 0.05) is 0 Å². The fourth-order valence-electron chi connectivity index (χ4n) is 2.28. The quantitative estimate of drug-likeness (QED) is 0.575. The van der Waals surface area contributed by atoms with E-state index < -0.39 is 0 Å². The fourth-order valence-corrected chi connectivity index (χ4v) is 3.09. The second-order valence-corrected chi connectivity index (χ2v) is 5.07. The summed E-state index contributed by atoms with van der Waals surface area (Å²) in [6.45, 7) is 8.59. The van der Waals surface area contributed by atoms with Gasteiger partial charge in [0.2, 0.25) is 0 Å². The van der Waals surface area contributed by atoms with E-state index in [1.807, 2.05) is 0 Å². The van der Waals surface area contributed by atoms with Crippen LogP contribution in [0, 0.1) is 27.7 Å². The summed E-state index contributed by atoms with van der Waals surface area (Å²) in [5.41, 5.74) is 7.89. The maximum absolute atomic E-state index is 6.20. The molecule has 1 aromatic carbocycles. The summed E-state index contributed by atoms with van der Waals surface area (Å²) in [5, 5.41) is 0.00864. The van der Waals surface area contributed by atoms with E-state index in [9.17, 15) is 0 Å². The van der Waals surface area contributed by atoms with E-state index in [2.05, 4.69) is 27.7 Å². The number of hydrogen-bond acceptors (Lipinski definition) is 0. The predicted octanol–water partition coefficient (Wildman–Crippen LogP) is 4.49. The van der Waals surface area contributed by atoms with Gasteiger partial charge in [-0.1, -0.05) is 0 Å². The van der Waals surface area contributed by atoms with E-state index in [0.29, 0.717) is 0 Å². The van der Waals surface area contributed by atoms with Crippen molar-refractivity contribution < 1.29 is 0 Å². The van der Waals surface area contributed by atoms with Crippen LogP contribution in [-0.4, -0.2) is 0 Å². The van der Waals surface area contributed by atoms with Crippen LogP contribution < -0.4 is 0 Å². The molecule has 0 aliphatic heterocycles. The molecule has 1 aliphatic rings. The Morgan fingerprint density at radius 2 is 0.929 bits per heavy atom. The number of halogens is 2. The molecule has 0 amide bonds. The largest absolute Gasteiger partial charge is 0.116 e. The molecular formula is C12H14Cl2. The van der Waals surface area contributed by atoms with Gasteiger partial charge >= 0.3 is 0 Å². The molecule has 76 valence electrons. The molecule has 0 N–H and O–H groups in total. The number of fused-ring (bicyclic) bond motifs is 1. The average Bonchev–Trinajstić information content (AvgIpc) is 2.18. The van der Waals surface area contributed by atoms with Crippen LogP contribution in [0.15, 0.2) is 0 Å². The molecule has 0 radical (unpaired) electrons. The van der Waals surface area contributed by atoms with Crippen LogP contribution in [0.3, 0.4) is 0 Å². The highest BCUT2D eigenvalue weighted by atomic mass is 35.5. The van der Waals surface area contributed by atoms with Crippen molar-refractivity contribution in [1.82, 2.24) is 0 Å². The Kier molecular flexibility index (Phi) is 2.32. The van der Waals surface area contributed by atoms with Crippen LogP contribution in [0.4, 0.5) is 0 Å². The van der Waals surface area contributed by atoms with Crippen LogP contribution in [0.2, 0.25) is 0 Å². The molecule has 0 saturated heterocycles. The first-order valence-corrected chi connectivity index (χ1v) is 5.72. The molecule has 0 saturated carbocycles. The van der Waals surface area contributed by atoms with Gasteiger partial charge < -0.3 is 0 Å². The zero-order valence-electron chi connectivity index (χ0n) is 8.91. The Bertz CT molecular complexity index is 369. The van der Waals surface area contributed by atoms with Gasteiger partial charge in [0.05, 0.1) is 10.8 Å². The van der Waals surface area contributed by atoms with Gasteiger partial charge in [0.1, 0.15) is 0 Å². The molecule has 14 heavy (non-hydrogen) atoms. The van der Waals surface area contributed by atoms with Gasteiger partial charge in [-0.25, -0.2) is 0 Å². The molecule has 0 bridgehead atoms. The zero-order valence-corrected chi connectivity index (χ0v) is 10.4. The second kappa shape index (κ2) is 3.15. The smallest absolute Gasteiger partial charge is 0.0796 e. The van der Waals surface area contributed by atoms with Crippen molar-refractivity contribution in [2.75, 3.05) is 0 Å². The lowest BCUT2D eigenvalue weighted by Crippen LogP contribution is -2.21. The fraction of sp³-hybridized carbons (Fsp3) is 0.500. The van der Waals surface area contributed by atoms with Crippen molar-refractivity contribution in [1.29, 1.82) is 0 Å². The summed E-state index contributed by atoms with van der Waals surface area (Å²) in [6, 6.07) is 0. The van der Waals surface area contributed by atoms with Crippen LogP contribution >= 0.6 is 23.2 Å². The number of hydrogen-bond donors (Lipinski definition) is 0. The standard InChI is InChI=1S/C12H14Cl2/c1-5-6(2)8(4)10-9(7(5)3)11(13)12(10)14/h11-12H,1-4H3/t11-,12-/m0/s1. The van der Waals surface area contributed by atoms with E-state index in [1.54, 1.807) is 0 Å². The predicted molar refractivity (Wildman–Crippen MR) is 62.6 cm³/mol. The van der Waals surface area contributed by atoms with Crippen LogP contribution in [0.1, 0.15) is 44.1 Å². The average molecular weight is 229 g/mol. The van der Waals surface area contributed by atoms with Crippen molar-refractivity contribution >= 4 is 23.2 Å². The summed E-state index contributed by atoms with van der Waals surface area (Å²) >= 11 is 12.4. The molecule has 0 aromatic heterocycles. The molecule has 2 heteroatoms.